The lowest BCUT2D eigenvalue weighted by atomic mass is 10.2. The predicted octanol–water partition coefficient (Wildman–Crippen LogP) is 2.65. The summed E-state index contributed by atoms with van der Waals surface area (Å²) in [6, 6.07) is 0. The van der Waals surface area contributed by atoms with Crippen molar-refractivity contribution >= 4 is 17.0 Å². The van der Waals surface area contributed by atoms with E-state index in [1.807, 2.05) is 27.7 Å². The summed E-state index contributed by atoms with van der Waals surface area (Å²) in [4.78, 5) is 9.89. The maximum absolute atomic E-state index is 9.89. The van der Waals surface area contributed by atoms with Gasteiger partial charge < -0.3 is 14.8 Å². The molecule has 1 N–H and O–H groups in total. The number of halogens is 1. The maximum Gasteiger partial charge on any atom is 0.403 e. The fourth-order valence-electron chi connectivity index (χ4n) is 0.748. The van der Waals surface area contributed by atoms with Crippen LogP contribution in [0.15, 0.2) is 0 Å². The van der Waals surface area contributed by atoms with Crippen molar-refractivity contribution in [3.63, 3.8) is 0 Å². The van der Waals surface area contributed by atoms with Crippen molar-refractivity contribution in [3.8, 4) is 0 Å². The molecule has 5 heteroatoms. The monoisotopic (exact) mass is 253 g/mol. The third-order valence-electron chi connectivity index (χ3n) is 1.38. The van der Waals surface area contributed by atoms with Crippen molar-refractivity contribution in [2.75, 3.05) is 32.9 Å². The number of ether oxygens (including phenoxy) is 2. The molecule has 1 saturated heterocycles. The molecule has 0 unspecified atom stereocenters. The van der Waals surface area contributed by atoms with Gasteiger partial charge in [0.1, 0.15) is 0 Å². The van der Waals surface area contributed by atoms with Crippen LogP contribution in [-0.2, 0) is 9.47 Å². The molecule has 0 aromatic rings. The number of rotatable bonds is 2. The SMILES string of the molecule is C1COCCN1.CC.CC(C)COC(=O)Cl. The van der Waals surface area contributed by atoms with Crippen LogP contribution in [0.5, 0.6) is 0 Å². The van der Waals surface area contributed by atoms with E-state index in [1.165, 1.54) is 0 Å². The van der Waals surface area contributed by atoms with Gasteiger partial charge in [-0.3, -0.25) is 0 Å². The second-order valence-corrected chi connectivity index (χ2v) is 3.61. The van der Waals surface area contributed by atoms with Gasteiger partial charge in [0.25, 0.3) is 0 Å². The van der Waals surface area contributed by atoms with E-state index in [0.29, 0.717) is 12.5 Å². The molecule has 98 valence electrons. The number of hydrogen-bond acceptors (Lipinski definition) is 4. The van der Waals surface area contributed by atoms with Crippen molar-refractivity contribution in [2.24, 2.45) is 5.92 Å². The van der Waals surface area contributed by atoms with Gasteiger partial charge in [-0.15, -0.1) is 0 Å². The highest BCUT2D eigenvalue weighted by atomic mass is 35.5. The molecule has 1 aliphatic rings. The van der Waals surface area contributed by atoms with Crippen LogP contribution in [0.25, 0.3) is 0 Å². The van der Waals surface area contributed by atoms with Gasteiger partial charge in [0.05, 0.1) is 19.8 Å². The van der Waals surface area contributed by atoms with Gasteiger partial charge in [0, 0.05) is 24.7 Å². The molecule has 0 spiro atoms. The van der Waals surface area contributed by atoms with Crippen LogP contribution in [0.4, 0.5) is 4.79 Å². The van der Waals surface area contributed by atoms with Crippen molar-refractivity contribution in [1.82, 2.24) is 5.32 Å². The molecule has 0 amide bonds. The molecule has 1 heterocycles. The van der Waals surface area contributed by atoms with Gasteiger partial charge >= 0.3 is 5.43 Å². The average molecular weight is 254 g/mol. The van der Waals surface area contributed by atoms with Crippen LogP contribution in [0.3, 0.4) is 0 Å². The van der Waals surface area contributed by atoms with Gasteiger partial charge in [-0.1, -0.05) is 27.7 Å². The van der Waals surface area contributed by atoms with Crippen molar-refractivity contribution in [1.29, 1.82) is 0 Å². The molecular formula is C11H24ClNO3. The molecule has 0 aliphatic carbocycles. The molecule has 1 fully saturated rings. The Labute approximate surface area is 104 Å². The summed E-state index contributed by atoms with van der Waals surface area (Å²) in [6.07, 6.45) is 0. The van der Waals surface area contributed by atoms with E-state index in [2.05, 4.69) is 10.1 Å². The minimum absolute atomic E-state index is 0.359. The summed E-state index contributed by atoms with van der Waals surface area (Å²) >= 11 is 4.86. The fourth-order valence-corrected chi connectivity index (χ4v) is 0.811. The lowest BCUT2D eigenvalue weighted by Crippen LogP contribution is -2.30. The first-order chi connectivity index (χ1) is 7.63. The Balaban J connectivity index is 0. The van der Waals surface area contributed by atoms with E-state index in [4.69, 9.17) is 16.3 Å². The third kappa shape index (κ3) is 19.3. The minimum atomic E-state index is -0.723. The largest absolute Gasteiger partial charge is 0.453 e. The van der Waals surface area contributed by atoms with E-state index in [0.717, 1.165) is 26.3 Å². The van der Waals surface area contributed by atoms with E-state index >= 15 is 0 Å². The van der Waals surface area contributed by atoms with Gasteiger partial charge in [0.15, 0.2) is 0 Å². The van der Waals surface area contributed by atoms with Gasteiger partial charge in [-0.2, -0.15) is 0 Å². The van der Waals surface area contributed by atoms with E-state index < -0.39 is 5.43 Å². The highest BCUT2D eigenvalue weighted by Crippen LogP contribution is 1.94. The van der Waals surface area contributed by atoms with Crippen LogP contribution < -0.4 is 5.32 Å². The Kier molecular flexibility index (Phi) is 16.6. The smallest absolute Gasteiger partial charge is 0.403 e. The Morgan fingerprint density at radius 3 is 2.00 bits per heavy atom. The fraction of sp³-hybridized carbons (Fsp3) is 0.909. The predicted molar refractivity (Wildman–Crippen MR) is 67.1 cm³/mol. The summed E-state index contributed by atoms with van der Waals surface area (Å²) in [6.45, 7) is 12.1. The first kappa shape index (κ1) is 18.1. The molecule has 0 bridgehead atoms. The normalized spacial score (nSPS) is 14.1. The Bertz CT molecular complexity index is 139. The lowest BCUT2D eigenvalue weighted by Gasteiger charge is -2.10. The molecule has 1 aliphatic heterocycles. The summed E-state index contributed by atoms with van der Waals surface area (Å²) < 4.78 is 9.44. The van der Waals surface area contributed by atoms with E-state index in [9.17, 15) is 4.79 Å². The summed E-state index contributed by atoms with van der Waals surface area (Å²) in [5, 5.41) is 3.16. The summed E-state index contributed by atoms with van der Waals surface area (Å²) in [5.74, 6) is 0.359. The minimum Gasteiger partial charge on any atom is -0.453 e. The maximum atomic E-state index is 9.89. The van der Waals surface area contributed by atoms with E-state index in [-0.39, 0.29) is 0 Å². The molecule has 0 aromatic heterocycles. The third-order valence-corrected chi connectivity index (χ3v) is 1.49. The number of nitrogens with one attached hydrogen (secondary N) is 1. The molecule has 0 atom stereocenters. The molecule has 4 nitrogen and oxygen atoms in total. The summed E-state index contributed by atoms with van der Waals surface area (Å²) in [7, 11) is 0. The van der Waals surface area contributed by atoms with Crippen molar-refractivity contribution in [2.45, 2.75) is 27.7 Å². The number of carbonyl (C=O) groups is 1. The van der Waals surface area contributed by atoms with Crippen LogP contribution in [-0.4, -0.2) is 38.3 Å². The quantitative estimate of drug-likeness (QED) is 0.769. The highest BCUT2D eigenvalue weighted by Gasteiger charge is 1.96. The first-order valence-electron chi connectivity index (χ1n) is 5.73. The average Bonchev–Trinajstić information content (AvgIpc) is 2.32. The molecule has 1 rings (SSSR count). The Hall–Kier alpha value is -0.320. The highest BCUT2D eigenvalue weighted by molar-refractivity contribution is 6.61. The molecule has 0 saturated carbocycles. The second-order valence-electron chi connectivity index (χ2n) is 3.30. The lowest BCUT2D eigenvalue weighted by molar-refractivity contribution is 0.109. The van der Waals surface area contributed by atoms with Crippen LogP contribution in [0.2, 0.25) is 0 Å². The zero-order chi connectivity index (χ0) is 12.8. The number of hydrogen-bond donors (Lipinski definition) is 1. The Morgan fingerprint density at radius 2 is 1.88 bits per heavy atom. The van der Waals surface area contributed by atoms with Crippen molar-refractivity contribution in [3.05, 3.63) is 0 Å². The van der Waals surface area contributed by atoms with Crippen molar-refractivity contribution < 1.29 is 14.3 Å². The number of morpholine rings is 1. The Morgan fingerprint density at radius 1 is 1.38 bits per heavy atom. The van der Waals surface area contributed by atoms with Gasteiger partial charge in [0.2, 0.25) is 0 Å². The van der Waals surface area contributed by atoms with Crippen LogP contribution in [0, 0.1) is 5.92 Å². The van der Waals surface area contributed by atoms with Gasteiger partial charge in [-0.05, 0) is 5.92 Å². The number of carbonyl (C=O) groups excluding carboxylic acids is 1. The van der Waals surface area contributed by atoms with Crippen LogP contribution >= 0.6 is 11.6 Å². The summed E-state index contributed by atoms with van der Waals surface area (Å²) in [5.41, 5.74) is -0.723. The zero-order valence-corrected chi connectivity index (χ0v) is 11.5. The molecule has 16 heavy (non-hydrogen) atoms. The zero-order valence-electron chi connectivity index (χ0n) is 10.7. The van der Waals surface area contributed by atoms with E-state index in [1.54, 1.807) is 0 Å². The standard InChI is InChI=1S/C5H9ClO2.C4H9NO.C2H6/c1-4(2)3-8-5(6)7;1-3-6-4-2-5-1;1-2/h4H,3H2,1-2H3;5H,1-4H2;1-2H3. The molecular weight excluding hydrogens is 230 g/mol. The second kappa shape index (κ2) is 14.7. The molecule has 0 aromatic carbocycles. The van der Waals surface area contributed by atoms with Crippen LogP contribution in [0.1, 0.15) is 27.7 Å². The molecule has 0 radical (unpaired) electrons. The topological polar surface area (TPSA) is 47.6 Å². The first-order valence-corrected chi connectivity index (χ1v) is 6.11. The van der Waals surface area contributed by atoms with Gasteiger partial charge in [-0.25, -0.2) is 4.79 Å².